The van der Waals surface area contributed by atoms with Crippen molar-refractivity contribution >= 4 is 21.1 Å². The summed E-state index contributed by atoms with van der Waals surface area (Å²) in [5.41, 5.74) is 1.25. The van der Waals surface area contributed by atoms with Crippen molar-refractivity contribution in [2.45, 2.75) is 51.6 Å². The average molecular weight is 498 g/mol. The molecule has 0 bridgehead atoms. The Labute approximate surface area is 202 Å². The van der Waals surface area contributed by atoms with Crippen molar-refractivity contribution in [2.24, 2.45) is 5.92 Å². The van der Waals surface area contributed by atoms with Crippen LogP contribution in [0.5, 0.6) is 0 Å². The van der Waals surface area contributed by atoms with Crippen molar-refractivity contribution in [2.75, 3.05) is 0 Å². The van der Waals surface area contributed by atoms with Gasteiger partial charge in [0.2, 0.25) is 21.7 Å². The van der Waals surface area contributed by atoms with Crippen LogP contribution in [0.4, 0.5) is 0 Å². The van der Waals surface area contributed by atoms with E-state index >= 15 is 0 Å². The number of rotatable bonds is 8. The first-order valence-corrected chi connectivity index (χ1v) is 12.8. The molecular weight excluding hydrogens is 470 g/mol. The van der Waals surface area contributed by atoms with Crippen LogP contribution in [-0.2, 0) is 16.6 Å². The lowest BCUT2D eigenvalue weighted by Crippen LogP contribution is -2.36. The Balaban J connectivity index is 1.68. The van der Waals surface area contributed by atoms with Gasteiger partial charge in [0.1, 0.15) is 6.04 Å². The minimum atomic E-state index is -3.82. The molecule has 0 aliphatic rings. The molecule has 0 unspecified atom stereocenters. The van der Waals surface area contributed by atoms with Gasteiger partial charge >= 0.3 is 11.1 Å². The fourth-order valence-corrected chi connectivity index (χ4v) is 5.10. The van der Waals surface area contributed by atoms with Crippen molar-refractivity contribution in [3.05, 3.63) is 74.6 Å². The lowest BCUT2D eigenvalue weighted by atomic mass is 10.1. The Hall–Kier alpha value is -3.57. The van der Waals surface area contributed by atoms with Gasteiger partial charge in [-0.25, -0.2) is 8.42 Å². The quantitative estimate of drug-likeness (QED) is 0.356. The van der Waals surface area contributed by atoms with Gasteiger partial charge in [0.15, 0.2) is 0 Å². The fourth-order valence-electron chi connectivity index (χ4n) is 3.77. The molecule has 0 fully saturated rings. The van der Waals surface area contributed by atoms with Gasteiger partial charge in [-0.05, 0) is 49.6 Å². The van der Waals surface area contributed by atoms with E-state index in [1.54, 1.807) is 42.5 Å². The first kappa shape index (κ1) is 24.6. The zero-order valence-electron chi connectivity index (χ0n) is 19.9. The molecule has 10 nitrogen and oxygen atoms in total. The Bertz CT molecular complexity index is 1580. The lowest BCUT2D eigenvalue weighted by molar-refractivity contribution is 0.311. The molecular formula is C24H27N5O5S. The van der Waals surface area contributed by atoms with Crippen molar-refractivity contribution < 1.29 is 12.9 Å². The van der Waals surface area contributed by atoms with Crippen molar-refractivity contribution in [1.82, 2.24) is 24.4 Å². The van der Waals surface area contributed by atoms with Gasteiger partial charge in [0.25, 0.3) is 0 Å². The summed E-state index contributed by atoms with van der Waals surface area (Å²) >= 11 is 0. The number of fused-ring (bicyclic) bond motifs is 1. The molecule has 0 aliphatic carbocycles. The lowest BCUT2D eigenvalue weighted by Gasteiger charge is -2.18. The van der Waals surface area contributed by atoms with Gasteiger partial charge in [-0.1, -0.05) is 43.6 Å². The number of aromatic nitrogens is 4. The number of benzene rings is 2. The largest absolute Gasteiger partial charge is 0.337 e. The van der Waals surface area contributed by atoms with Crippen LogP contribution in [0.2, 0.25) is 0 Å². The maximum atomic E-state index is 12.9. The van der Waals surface area contributed by atoms with Gasteiger partial charge in [-0.15, -0.1) is 0 Å². The maximum absolute atomic E-state index is 12.9. The number of nitrogens with one attached hydrogen (secondary N) is 2. The summed E-state index contributed by atoms with van der Waals surface area (Å²) in [6.07, 6.45) is 0.698. The Morgan fingerprint density at radius 1 is 1.11 bits per heavy atom. The highest BCUT2D eigenvalue weighted by Gasteiger charge is 2.29. The Kier molecular flexibility index (Phi) is 6.73. The van der Waals surface area contributed by atoms with Crippen LogP contribution in [0.25, 0.3) is 22.4 Å². The summed E-state index contributed by atoms with van der Waals surface area (Å²) in [5, 5.41) is 4.03. The number of aryl methyl sites for hydroxylation is 2. The fraction of sp³-hybridized carbons (Fsp3) is 0.333. The van der Waals surface area contributed by atoms with E-state index in [1.807, 2.05) is 27.7 Å². The molecule has 11 heteroatoms. The third kappa shape index (κ3) is 4.96. The monoisotopic (exact) mass is 497 g/mol. The topological polar surface area (TPSA) is 140 Å². The highest BCUT2D eigenvalue weighted by atomic mass is 32.2. The summed E-state index contributed by atoms with van der Waals surface area (Å²) in [7, 11) is -3.82. The number of H-pyrrole nitrogens is 1. The van der Waals surface area contributed by atoms with Crippen LogP contribution in [0.15, 0.2) is 61.5 Å². The van der Waals surface area contributed by atoms with E-state index in [2.05, 4.69) is 19.8 Å². The summed E-state index contributed by atoms with van der Waals surface area (Å²) < 4.78 is 35.4. The van der Waals surface area contributed by atoms with Crippen molar-refractivity contribution in [3.8, 4) is 11.4 Å². The standard InChI is InChI=1S/C24H27N5O5S/c1-5-12-29-19-11-8-16(13-18(19)25-22(30)24(29)31)21-26-23(34-27-21)20(14(2)3)28-35(32,33)17-9-6-15(4)7-10-17/h6-11,13-14,20,28H,5,12H2,1-4H3,(H,25,30)/t20-/m1/s1. The highest BCUT2D eigenvalue weighted by Crippen LogP contribution is 2.27. The van der Waals surface area contributed by atoms with Gasteiger partial charge in [0.05, 0.1) is 15.9 Å². The molecule has 0 amide bonds. The van der Waals surface area contributed by atoms with Crippen LogP contribution < -0.4 is 15.8 Å². The maximum Gasteiger partial charge on any atom is 0.316 e. The molecule has 0 spiro atoms. The van der Waals surface area contributed by atoms with Gasteiger partial charge in [0, 0.05) is 12.1 Å². The Morgan fingerprint density at radius 2 is 1.83 bits per heavy atom. The van der Waals surface area contributed by atoms with E-state index in [-0.39, 0.29) is 22.5 Å². The normalized spacial score (nSPS) is 12.9. The minimum absolute atomic E-state index is 0.121. The number of sulfonamides is 1. The zero-order valence-corrected chi connectivity index (χ0v) is 20.7. The molecule has 184 valence electrons. The SMILES string of the molecule is CCCn1c(=O)c(=O)[nH]c2cc(-c3noc([C@H](NS(=O)(=O)c4ccc(C)cc4)C(C)C)n3)ccc21. The van der Waals surface area contributed by atoms with Crippen LogP contribution in [-0.4, -0.2) is 28.1 Å². The van der Waals surface area contributed by atoms with Crippen molar-refractivity contribution in [3.63, 3.8) is 0 Å². The number of aromatic amines is 1. The predicted molar refractivity (Wildman–Crippen MR) is 131 cm³/mol. The summed E-state index contributed by atoms with van der Waals surface area (Å²) in [6.45, 7) is 7.92. The smallest absolute Gasteiger partial charge is 0.316 e. The second-order valence-corrected chi connectivity index (χ2v) is 10.5. The second-order valence-electron chi connectivity index (χ2n) is 8.76. The molecule has 1 atom stereocenters. The first-order valence-electron chi connectivity index (χ1n) is 11.3. The third-order valence-electron chi connectivity index (χ3n) is 5.67. The molecule has 2 N–H and O–H groups in total. The predicted octanol–water partition coefficient (Wildman–Crippen LogP) is 3.13. The van der Waals surface area contributed by atoms with E-state index in [0.29, 0.717) is 29.6 Å². The molecule has 0 saturated carbocycles. The molecule has 35 heavy (non-hydrogen) atoms. The summed E-state index contributed by atoms with van der Waals surface area (Å²) in [5.74, 6) is 0.173. The van der Waals surface area contributed by atoms with Crippen LogP contribution in [0, 0.1) is 12.8 Å². The van der Waals surface area contributed by atoms with Gasteiger partial charge < -0.3 is 14.1 Å². The first-order chi connectivity index (χ1) is 16.6. The van der Waals surface area contributed by atoms with E-state index in [4.69, 9.17) is 4.52 Å². The minimum Gasteiger partial charge on any atom is -0.337 e. The molecule has 0 aliphatic heterocycles. The molecule has 4 aromatic rings. The summed E-state index contributed by atoms with van der Waals surface area (Å²) in [6, 6.07) is 10.9. The van der Waals surface area contributed by atoms with E-state index in [1.165, 1.54) is 4.57 Å². The number of nitrogens with zero attached hydrogens (tertiary/aromatic N) is 3. The third-order valence-corrected chi connectivity index (χ3v) is 7.13. The molecule has 0 radical (unpaired) electrons. The zero-order chi connectivity index (χ0) is 25.3. The molecule has 2 aromatic heterocycles. The van der Waals surface area contributed by atoms with Crippen LogP contribution in [0.3, 0.4) is 0 Å². The number of hydrogen-bond acceptors (Lipinski definition) is 7. The van der Waals surface area contributed by atoms with Gasteiger partial charge in [-0.2, -0.15) is 9.71 Å². The van der Waals surface area contributed by atoms with Crippen LogP contribution >= 0.6 is 0 Å². The molecule has 2 aromatic carbocycles. The van der Waals surface area contributed by atoms with E-state index in [0.717, 1.165) is 5.56 Å². The van der Waals surface area contributed by atoms with Crippen molar-refractivity contribution in [1.29, 1.82) is 0 Å². The summed E-state index contributed by atoms with van der Waals surface area (Å²) in [4.78, 5) is 31.5. The van der Waals surface area contributed by atoms with Gasteiger partial charge in [-0.3, -0.25) is 9.59 Å². The number of hydrogen-bond donors (Lipinski definition) is 2. The molecule has 0 saturated heterocycles. The molecule has 4 rings (SSSR count). The van der Waals surface area contributed by atoms with E-state index < -0.39 is 27.2 Å². The highest BCUT2D eigenvalue weighted by molar-refractivity contribution is 7.89. The Morgan fingerprint density at radius 3 is 2.49 bits per heavy atom. The molecule has 2 heterocycles. The second kappa shape index (κ2) is 9.59. The van der Waals surface area contributed by atoms with Crippen LogP contribution in [0.1, 0.15) is 44.7 Å². The van der Waals surface area contributed by atoms with E-state index in [9.17, 15) is 18.0 Å². The average Bonchev–Trinajstić information content (AvgIpc) is 3.30.